The summed E-state index contributed by atoms with van der Waals surface area (Å²) in [6, 6.07) is 27.8. The Balaban J connectivity index is 1.45. The number of aromatic amines is 1. The van der Waals surface area contributed by atoms with Crippen LogP contribution in [0.15, 0.2) is 72.8 Å². The lowest BCUT2D eigenvalue weighted by molar-refractivity contribution is 0.0856. The first kappa shape index (κ1) is 18.4. The van der Waals surface area contributed by atoms with Crippen LogP contribution in [0.5, 0.6) is 0 Å². The molecule has 5 aromatic rings. The van der Waals surface area contributed by atoms with Crippen LogP contribution in [0.2, 0.25) is 0 Å². The Labute approximate surface area is 194 Å². The molecule has 162 valence electrons. The quantitative estimate of drug-likeness (QED) is 0.255. The van der Waals surface area contributed by atoms with Gasteiger partial charge in [-0.2, -0.15) is 0 Å². The first-order chi connectivity index (χ1) is 16.2. The van der Waals surface area contributed by atoms with Gasteiger partial charge in [-0.25, -0.2) is 0 Å². The first-order valence-electron chi connectivity index (χ1n) is 12.8. The predicted octanol–water partition coefficient (Wildman–Crippen LogP) is 8.59. The molecule has 0 aliphatic heterocycles. The van der Waals surface area contributed by atoms with E-state index in [1.807, 2.05) is 0 Å². The second-order valence-electron chi connectivity index (χ2n) is 11.2. The van der Waals surface area contributed by atoms with E-state index in [1.54, 1.807) is 11.1 Å². The van der Waals surface area contributed by atoms with Gasteiger partial charge < -0.3 is 4.98 Å². The lowest BCUT2D eigenvalue weighted by Crippen LogP contribution is -2.44. The molecule has 1 spiro atoms. The van der Waals surface area contributed by atoms with E-state index in [2.05, 4.69) is 84.7 Å². The van der Waals surface area contributed by atoms with E-state index >= 15 is 0 Å². The van der Waals surface area contributed by atoms with Crippen LogP contribution in [0.1, 0.15) is 50.2 Å². The van der Waals surface area contributed by atoms with Gasteiger partial charge in [0.2, 0.25) is 0 Å². The van der Waals surface area contributed by atoms with Crippen molar-refractivity contribution >= 4 is 32.6 Å². The number of rotatable bonds is 0. The third-order valence-corrected chi connectivity index (χ3v) is 9.50. The van der Waals surface area contributed by atoms with E-state index < -0.39 is 0 Å². The summed E-state index contributed by atoms with van der Waals surface area (Å²) in [5.41, 5.74) is 8.97. The summed E-state index contributed by atoms with van der Waals surface area (Å²) in [5, 5.41) is 5.34. The van der Waals surface area contributed by atoms with Crippen LogP contribution in [-0.2, 0) is 5.41 Å². The minimum Gasteiger partial charge on any atom is -0.354 e. The molecule has 0 amide bonds. The molecule has 1 aromatic heterocycles. The number of fused-ring (bicyclic) bond motifs is 13. The van der Waals surface area contributed by atoms with Gasteiger partial charge in [-0.15, -0.1) is 0 Å². The lowest BCUT2D eigenvalue weighted by Gasteiger charge is -2.50. The van der Waals surface area contributed by atoms with Crippen molar-refractivity contribution < 1.29 is 0 Å². The molecule has 8 rings (SSSR count). The highest BCUT2D eigenvalue weighted by Crippen LogP contribution is 2.62. The second kappa shape index (κ2) is 6.29. The molecule has 4 atom stereocenters. The van der Waals surface area contributed by atoms with Gasteiger partial charge in [-0.05, 0) is 89.6 Å². The highest BCUT2D eigenvalue weighted by atomic mass is 14.7. The Kier molecular flexibility index (Phi) is 3.50. The summed E-state index contributed by atoms with van der Waals surface area (Å²) in [6.45, 7) is 2.49. The SMILES string of the molecule is CC1CC2CCC3(c4ccccc4-c4cc5c(cc43)[nH]c3c4ccccc4ccc53)C(C1)C2. The Morgan fingerprint density at radius 3 is 2.61 bits per heavy atom. The molecule has 1 N–H and O–H groups in total. The monoisotopic (exact) mass is 427 g/mol. The average molecular weight is 428 g/mol. The molecular weight excluding hydrogens is 398 g/mol. The zero-order valence-electron chi connectivity index (χ0n) is 19.2. The zero-order chi connectivity index (χ0) is 21.7. The molecule has 1 nitrogen and oxygen atoms in total. The highest BCUT2D eigenvalue weighted by Gasteiger charge is 2.53. The molecule has 0 radical (unpaired) electrons. The van der Waals surface area contributed by atoms with Crippen LogP contribution in [0, 0.1) is 17.8 Å². The van der Waals surface area contributed by atoms with E-state index in [-0.39, 0.29) is 5.41 Å². The molecule has 2 fully saturated rings. The van der Waals surface area contributed by atoms with Crippen LogP contribution in [0.3, 0.4) is 0 Å². The molecule has 0 saturated heterocycles. The van der Waals surface area contributed by atoms with Gasteiger partial charge in [0.05, 0.1) is 5.52 Å². The highest BCUT2D eigenvalue weighted by molar-refractivity contribution is 6.18. The third-order valence-electron chi connectivity index (χ3n) is 9.50. The minimum absolute atomic E-state index is 0.199. The predicted molar refractivity (Wildman–Crippen MR) is 139 cm³/mol. The van der Waals surface area contributed by atoms with Gasteiger partial charge in [-0.3, -0.25) is 0 Å². The minimum atomic E-state index is 0.199. The van der Waals surface area contributed by atoms with Crippen molar-refractivity contribution in [3.63, 3.8) is 0 Å². The van der Waals surface area contributed by atoms with Gasteiger partial charge in [0.25, 0.3) is 0 Å². The maximum absolute atomic E-state index is 3.86. The molecule has 1 heteroatoms. The Hall–Kier alpha value is -3.06. The lowest BCUT2D eigenvalue weighted by atomic mass is 9.53. The van der Waals surface area contributed by atoms with E-state index in [0.717, 1.165) is 17.8 Å². The van der Waals surface area contributed by atoms with Crippen molar-refractivity contribution in [3.8, 4) is 11.1 Å². The second-order valence-corrected chi connectivity index (χ2v) is 11.2. The van der Waals surface area contributed by atoms with Crippen molar-refractivity contribution in [2.45, 2.75) is 44.4 Å². The zero-order valence-corrected chi connectivity index (χ0v) is 19.2. The van der Waals surface area contributed by atoms with Crippen molar-refractivity contribution in [2.75, 3.05) is 0 Å². The van der Waals surface area contributed by atoms with Crippen LogP contribution >= 0.6 is 0 Å². The van der Waals surface area contributed by atoms with Crippen molar-refractivity contribution in [3.05, 3.63) is 83.9 Å². The molecule has 1 heterocycles. The number of nitrogens with one attached hydrogen (secondary N) is 1. The largest absolute Gasteiger partial charge is 0.354 e. The number of H-pyrrole nitrogens is 1. The molecule has 4 aromatic carbocycles. The van der Waals surface area contributed by atoms with Crippen LogP contribution in [-0.4, -0.2) is 4.98 Å². The summed E-state index contributed by atoms with van der Waals surface area (Å²) in [6.07, 6.45) is 6.92. The summed E-state index contributed by atoms with van der Waals surface area (Å²) in [7, 11) is 0. The van der Waals surface area contributed by atoms with E-state index in [1.165, 1.54) is 75.8 Å². The smallest absolute Gasteiger partial charge is 0.0544 e. The standard InChI is InChI=1S/C32H29N/c1-19-14-20-12-13-32(22(15-19)16-20)28-9-5-4-8-24(28)26-17-27-25-11-10-21-6-2-3-7-23(21)31(25)33-30(27)18-29(26)32/h2-11,17-20,22,33H,12-16H2,1H3. The Morgan fingerprint density at radius 1 is 0.758 bits per heavy atom. The van der Waals surface area contributed by atoms with E-state index in [9.17, 15) is 0 Å². The molecule has 4 unspecified atom stereocenters. The van der Waals surface area contributed by atoms with Gasteiger partial charge in [0, 0.05) is 27.1 Å². The average Bonchev–Trinajstić information content (AvgIpc) is 3.34. The fraction of sp³-hybridized carbons (Fsp3) is 0.312. The molecule has 33 heavy (non-hydrogen) atoms. The maximum Gasteiger partial charge on any atom is 0.0544 e. The number of hydrogen-bond donors (Lipinski definition) is 1. The van der Waals surface area contributed by atoms with E-state index in [0.29, 0.717) is 0 Å². The van der Waals surface area contributed by atoms with Crippen LogP contribution in [0.4, 0.5) is 0 Å². The Bertz CT molecular complexity index is 1590. The van der Waals surface area contributed by atoms with Gasteiger partial charge in [0.15, 0.2) is 0 Å². The number of hydrogen-bond acceptors (Lipinski definition) is 0. The fourth-order valence-electron chi connectivity index (χ4n) is 8.26. The van der Waals surface area contributed by atoms with Gasteiger partial charge in [-0.1, -0.05) is 67.6 Å². The van der Waals surface area contributed by atoms with Crippen molar-refractivity contribution in [1.82, 2.24) is 4.98 Å². The molecule has 2 saturated carbocycles. The summed E-state index contributed by atoms with van der Waals surface area (Å²) in [4.78, 5) is 3.86. The maximum atomic E-state index is 3.86. The third kappa shape index (κ3) is 2.28. The fourth-order valence-corrected chi connectivity index (χ4v) is 8.26. The number of aromatic nitrogens is 1. The molecule has 2 bridgehead atoms. The van der Waals surface area contributed by atoms with Crippen LogP contribution in [0.25, 0.3) is 43.7 Å². The molecular formula is C32H29N. The topological polar surface area (TPSA) is 15.8 Å². The van der Waals surface area contributed by atoms with Crippen molar-refractivity contribution in [1.29, 1.82) is 0 Å². The normalized spacial score (nSPS) is 28.0. The summed E-state index contributed by atoms with van der Waals surface area (Å²) >= 11 is 0. The number of benzene rings is 4. The van der Waals surface area contributed by atoms with Crippen molar-refractivity contribution in [2.24, 2.45) is 17.8 Å². The van der Waals surface area contributed by atoms with Gasteiger partial charge in [0.1, 0.15) is 0 Å². The molecule has 3 aliphatic rings. The summed E-state index contributed by atoms with van der Waals surface area (Å²) < 4.78 is 0. The summed E-state index contributed by atoms with van der Waals surface area (Å²) in [5.74, 6) is 2.55. The van der Waals surface area contributed by atoms with Gasteiger partial charge >= 0.3 is 0 Å². The van der Waals surface area contributed by atoms with Crippen LogP contribution < -0.4 is 0 Å². The molecule has 3 aliphatic carbocycles. The Morgan fingerprint density at radius 2 is 1.64 bits per heavy atom. The van der Waals surface area contributed by atoms with E-state index in [4.69, 9.17) is 0 Å². The first-order valence-corrected chi connectivity index (χ1v) is 12.8.